The maximum absolute atomic E-state index is 12.7. The summed E-state index contributed by atoms with van der Waals surface area (Å²) in [5, 5.41) is 2.82. The molecule has 162 valence electrons. The quantitative estimate of drug-likeness (QED) is 0.494. The van der Waals surface area contributed by atoms with Gasteiger partial charge >= 0.3 is 0 Å². The highest BCUT2D eigenvalue weighted by Gasteiger charge is 2.22. The third-order valence-electron chi connectivity index (χ3n) is 4.29. The highest BCUT2D eigenvalue weighted by molar-refractivity contribution is 7.99. The fraction of sp³-hybridized carbons (Fsp3) is 0.174. The highest BCUT2D eigenvalue weighted by atomic mass is 32.2. The Hall–Kier alpha value is -2.81. The van der Waals surface area contributed by atoms with E-state index in [0.29, 0.717) is 18.0 Å². The van der Waals surface area contributed by atoms with Crippen molar-refractivity contribution in [3.05, 3.63) is 78.9 Å². The van der Waals surface area contributed by atoms with E-state index in [9.17, 15) is 13.2 Å². The van der Waals surface area contributed by atoms with Gasteiger partial charge in [-0.2, -0.15) is 4.72 Å². The zero-order valence-corrected chi connectivity index (χ0v) is 18.9. The first-order valence-electron chi connectivity index (χ1n) is 9.77. The lowest BCUT2D eigenvalue weighted by molar-refractivity contribution is -0.117. The third kappa shape index (κ3) is 6.33. The number of hydrogen-bond acceptors (Lipinski definition) is 5. The molecule has 0 aliphatic rings. The molecule has 0 fully saturated rings. The van der Waals surface area contributed by atoms with Gasteiger partial charge in [0.05, 0.1) is 23.2 Å². The van der Waals surface area contributed by atoms with Gasteiger partial charge in [0.15, 0.2) is 0 Å². The molecule has 1 atom stereocenters. The molecular weight excluding hydrogens is 432 g/mol. The van der Waals surface area contributed by atoms with Crippen LogP contribution in [0.1, 0.15) is 13.8 Å². The van der Waals surface area contributed by atoms with Crippen molar-refractivity contribution in [1.29, 1.82) is 0 Å². The maximum Gasteiger partial charge on any atom is 0.242 e. The smallest absolute Gasteiger partial charge is 0.242 e. The molecule has 1 amide bonds. The largest absolute Gasteiger partial charge is 0.494 e. The number of hydrogen-bond donors (Lipinski definition) is 2. The van der Waals surface area contributed by atoms with E-state index in [1.165, 1.54) is 30.8 Å². The summed E-state index contributed by atoms with van der Waals surface area (Å²) in [6.07, 6.45) is 0. The van der Waals surface area contributed by atoms with Crippen LogP contribution in [0.4, 0.5) is 5.69 Å². The van der Waals surface area contributed by atoms with Crippen LogP contribution in [0.2, 0.25) is 0 Å². The van der Waals surface area contributed by atoms with Gasteiger partial charge in [-0.05, 0) is 62.4 Å². The number of ether oxygens (including phenoxy) is 1. The summed E-state index contributed by atoms with van der Waals surface area (Å²) in [6.45, 7) is 3.85. The predicted octanol–water partition coefficient (Wildman–Crippen LogP) is 4.54. The monoisotopic (exact) mass is 456 g/mol. The van der Waals surface area contributed by atoms with Crippen LogP contribution in [0, 0.1) is 0 Å². The Morgan fingerprint density at radius 2 is 1.61 bits per heavy atom. The third-order valence-corrected chi connectivity index (χ3v) is 6.93. The SMILES string of the molecule is CCOc1ccc(S(=O)(=O)N[C@H](C)C(=O)Nc2ccccc2Sc2ccccc2)cc1. The number of carbonyl (C=O) groups excluding carboxylic acids is 1. The molecule has 0 aliphatic carbocycles. The molecule has 3 aromatic carbocycles. The van der Waals surface area contributed by atoms with Gasteiger partial charge in [0, 0.05) is 9.79 Å². The average molecular weight is 457 g/mol. The Bertz CT molecular complexity index is 1120. The highest BCUT2D eigenvalue weighted by Crippen LogP contribution is 2.33. The molecule has 6 nitrogen and oxygen atoms in total. The Morgan fingerprint density at radius 1 is 0.968 bits per heavy atom. The number of rotatable bonds is 9. The van der Waals surface area contributed by atoms with E-state index in [1.54, 1.807) is 18.2 Å². The number of benzene rings is 3. The molecule has 0 aliphatic heterocycles. The Kier molecular flexibility index (Phi) is 7.73. The second kappa shape index (κ2) is 10.5. The number of nitrogens with one attached hydrogen (secondary N) is 2. The molecule has 0 saturated heterocycles. The van der Waals surface area contributed by atoms with Crippen molar-refractivity contribution in [2.75, 3.05) is 11.9 Å². The van der Waals surface area contributed by atoms with Crippen LogP contribution in [0.25, 0.3) is 0 Å². The fourth-order valence-electron chi connectivity index (χ4n) is 2.75. The number of amides is 1. The summed E-state index contributed by atoms with van der Waals surface area (Å²) in [5.41, 5.74) is 0.619. The van der Waals surface area contributed by atoms with E-state index < -0.39 is 22.0 Å². The molecular formula is C23H24N2O4S2. The van der Waals surface area contributed by atoms with Crippen molar-refractivity contribution < 1.29 is 17.9 Å². The normalized spacial score (nSPS) is 12.2. The number of anilines is 1. The number of carbonyl (C=O) groups is 1. The van der Waals surface area contributed by atoms with Gasteiger partial charge in [-0.3, -0.25) is 4.79 Å². The van der Waals surface area contributed by atoms with Gasteiger partial charge in [0.1, 0.15) is 5.75 Å². The van der Waals surface area contributed by atoms with E-state index in [4.69, 9.17) is 4.74 Å². The predicted molar refractivity (Wildman–Crippen MR) is 123 cm³/mol. The van der Waals surface area contributed by atoms with Crippen molar-refractivity contribution in [1.82, 2.24) is 4.72 Å². The van der Waals surface area contributed by atoms with E-state index in [2.05, 4.69) is 10.0 Å². The lowest BCUT2D eigenvalue weighted by Gasteiger charge is -2.16. The van der Waals surface area contributed by atoms with Crippen LogP contribution >= 0.6 is 11.8 Å². The minimum absolute atomic E-state index is 0.0654. The van der Waals surface area contributed by atoms with Crippen molar-refractivity contribution in [2.24, 2.45) is 0 Å². The maximum atomic E-state index is 12.7. The summed E-state index contributed by atoms with van der Waals surface area (Å²) in [4.78, 5) is 14.7. The summed E-state index contributed by atoms with van der Waals surface area (Å²) >= 11 is 1.52. The van der Waals surface area contributed by atoms with Gasteiger partial charge in [-0.1, -0.05) is 42.1 Å². The first-order chi connectivity index (χ1) is 14.9. The molecule has 0 radical (unpaired) electrons. The second-order valence-corrected chi connectivity index (χ2v) is 9.48. The summed E-state index contributed by atoms with van der Waals surface area (Å²) in [7, 11) is -3.86. The average Bonchev–Trinajstić information content (AvgIpc) is 2.76. The van der Waals surface area contributed by atoms with Gasteiger partial charge < -0.3 is 10.1 Å². The van der Waals surface area contributed by atoms with Gasteiger partial charge in [-0.15, -0.1) is 0 Å². The van der Waals surface area contributed by atoms with E-state index in [-0.39, 0.29) is 4.90 Å². The van der Waals surface area contributed by atoms with Crippen LogP contribution in [0.3, 0.4) is 0 Å². The van der Waals surface area contributed by atoms with Gasteiger partial charge in [0.2, 0.25) is 15.9 Å². The molecule has 0 bridgehead atoms. The molecule has 0 spiro atoms. The van der Waals surface area contributed by atoms with E-state index in [1.807, 2.05) is 55.5 Å². The standard InChI is InChI=1S/C23H24N2O4S2/c1-3-29-18-13-15-20(16-14-18)31(27,28)25-17(2)23(26)24-21-11-7-8-12-22(21)30-19-9-5-4-6-10-19/h4-17,25H,3H2,1-2H3,(H,24,26)/t17-/m1/s1. The lowest BCUT2D eigenvalue weighted by atomic mass is 10.3. The Morgan fingerprint density at radius 3 is 2.29 bits per heavy atom. The van der Waals surface area contributed by atoms with Crippen molar-refractivity contribution in [2.45, 2.75) is 34.6 Å². The van der Waals surface area contributed by atoms with E-state index in [0.717, 1.165) is 9.79 Å². The molecule has 3 aromatic rings. The Balaban J connectivity index is 1.68. The van der Waals surface area contributed by atoms with Gasteiger partial charge in [-0.25, -0.2) is 8.42 Å². The van der Waals surface area contributed by atoms with Crippen LogP contribution in [-0.2, 0) is 14.8 Å². The summed E-state index contributed by atoms with van der Waals surface area (Å²) in [6, 6.07) is 22.3. The molecule has 31 heavy (non-hydrogen) atoms. The van der Waals surface area contributed by atoms with Gasteiger partial charge in [0.25, 0.3) is 0 Å². The molecule has 2 N–H and O–H groups in total. The molecule has 3 rings (SSSR count). The molecule has 8 heteroatoms. The van der Waals surface area contributed by atoms with Crippen LogP contribution in [0.15, 0.2) is 93.5 Å². The molecule has 0 saturated carbocycles. The van der Waals surface area contributed by atoms with Crippen molar-refractivity contribution in [3.8, 4) is 5.75 Å². The molecule has 0 aromatic heterocycles. The van der Waals surface area contributed by atoms with Crippen LogP contribution < -0.4 is 14.8 Å². The first kappa shape index (κ1) is 22.9. The Labute approximate surface area is 187 Å². The van der Waals surface area contributed by atoms with Crippen molar-refractivity contribution in [3.63, 3.8) is 0 Å². The minimum Gasteiger partial charge on any atom is -0.494 e. The summed E-state index contributed by atoms with van der Waals surface area (Å²) in [5.74, 6) is 0.135. The van der Waals surface area contributed by atoms with Crippen LogP contribution in [0.5, 0.6) is 5.75 Å². The molecule has 0 heterocycles. The zero-order valence-electron chi connectivity index (χ0n) is 17.2. The topological polar surface area (TPSA) is 84.5 Å². The minimum atomic E-state index is -3.86. The number of sulfonamides is 1. The zero-order chi connectivity index (χ0) is 22.3. The first-order valence-corrected chi connectivity index (χ1v) is 12.1. The van der Waals surface area contributed by atoms with Crippen molar-refractivity contribution >= 4 is 33.4 Å². The molecule has 0 unspecified atom stereocenters. The number of para-hydroxylation sites is 1. The summed E-state index contributed by atoms with van der Waals surface area (Å²) < 4.78 is 33.0. The van der Waals surface area contributed by atoms with Crippen LogP contribution in [-0.4, -0.2) is 27.0 Å². The second-order valence-electron chi connectivity index (χ2n) is 6.65. The lowest BCUT2D eigenvalue weighted by Crippen LogP contribution is -2.41. The van der Waals surface area contributed by atoms with E-state index >= 15 is 0 Å². The fourth-order valence-corrected chi connectivity index (χ4v) is 4.88.